The Bertz CT molecular complexity index is 403. The summed E-state index contributed by atoms with van der Waals surface area (Å²) in [7, 11) is -3.44. The van der Waals surface area contributed by atoms with Crippen LogP contribution in [0.25, 0.3) is 0 Å². The number of hydrogen-bond donors (Lipinski definition) is 1. The van der Waals surface area contributed by atoms with Gasteiger partial charge in [0.15, 0.2) is 0 Å². The molecule has 1 aromatic carbocycles. The van der Waals surface area contributed by atoms with Crippen molar-refractivity contribution in [2.45, 2.75) is 19.6 Å². The van der Waals surface area contributed by atoms with Gasteiger partial charge in [-0.15, -0.1) is 0 Å². The van der Waals surface area contributed by atoms with Crippen molar-refractivity contribution in [1.29, 1.82) is 0 Å². The summed E-state index contributed by atoms with van der Waals surface area (Å²) < 4.78 is 35.6. The highest BCUT2D eigenvalue weighted by atomic mass is 31.2. The van der Waals surface area contributed by atoms with Crippen molar-refractivity contribution in [3.63, 3.8) is 0 Å². The van der Waals surface area contributed by atoms with Gasteiger partial charge in [-0.05, 0) is 31.5 Å². The topological polar surface area (TPSA) is 61.5 Å². The van der Waals surface area contributed by atoms with Crippen molar-refractivity contribution in [1.82, 2.24) is 0 Å². The minimum atomic E-state index is -3.44. The number of nitrogens with two attached hydrogens (primary N) is 1. The van der Waals surface area contributed by atoms with Gasteiger partial charge in [0, 0.05) is 0 Å². The molecule has 0 bridgehead atoms. The predicted octanol–water partition coefficient (Wildman–Crippen LogP) is 3.05. The van der Waals surface area contributed by atoms with Crippen molar-refractivity contribution < 1.29 is 18.0 Å². The molecule has 0 saturated carbocycles. The van der Waals surface area contributed by atoms with Crippen LogP contribution in [-0.2, 0) is 13.6 Å². The van der Waals surface area contributed by atoms with Crippen molar-refractivity contribution in [3.05, 3.63) is 35.6 Å². The molecule has 0 spiro atoms. The fraction of sp³-hybridized carbons (Fsp3) is 0.455. The molecule has 1 aromatic rings. The first kappa shape index (κ1) is 14.3. The van der Waals surface area contributed by atoms with Crippen molar-refractivity contribution >= 4 is 7.60 Å². The molecule has 0 amide bonds. The molecule has 0 aromatic heterocycles. The first-order valence-corrected chi connectivity index (χ1v) is 7.04. The van der Waals surface area contributed by atoms with E-state index in [-0.39, 0.29) is 13.2 Å². The lowest BCUT2D eigenvalue weighted by molar-refractivity contribution is 0.212. The average Bonchev–Trinajstić information content (AvgIpc) is 2.28. The molecule has 0 fully saturated rings. The molecule has 2 N–H and O–H groups in total. The summed E-state index contributed by atoms with van der Waals surface area (Å²) >= 11 is 0. The van der Waals surface area contributed by atoms with Gasteiger partial charge in [0.1, 0.15) is 11.6 Å². The Hall–Kier alpha value is -0.740. The van der Waals surface area contributed by atoms with Crippen molar-refractivity contribution in [2.24, 2.45) is 5.73 Å². The van der Waals surface area contributed by atoms with E-state index >= 15 is 0 Å². The fourth-order valence-electron chi connectivity index (χ4n) is 1.43. The third kappa shape index (κ3) is 3.61. The minimum absolute atomic E-state index is 0.223. The highest BCUT2D eigenvalue weighted by Crippen LogP contribution is 2.58. The largest absolute Gasteiger partial charge is 0.351 e. The Kier molecular flexibility index (Phi) is 5.28. The SMILES string of the molecule is CCOP(=O)(OCC)[C@@H](N)c1cccc(F)c1. The van der Waals surface area contributed by atoms with Gasteiger partial charge >= 0.3 is 7.60 Å². The van der Waals surface area contributed by atoms with Gasteiger partial charge in [-0.25, -0.2) is 4.39 Å². The number of halogens is 1. The number of rotatable bonds is 6. The average molecular weight is 261 g/mol. The molecule has 0 aliphatic carbocycles. The molecular weight excluding hydrogens is 244 g/mol. The third-order valence-corrected chi connectivity index (χ3v) is 4.36. The maximum Gasteiger partial charge on any atom is 0.351 e. The van der Waals surface area contributed by atoms with Crippen LogP contribution in [-0.4, -0.2) is 13.2 Å². The summed E-state index contributed by atoms with van der Waals surface area (Å²) in [5.41, 5.74) is 6.23. The molecule has 0 radical (unpaired) electrons. The monoisotopic (exact) mass is 261 g/mol. The zero-order valence-electron chi connectivity index (χ0n) is 9.93. The van der Waals surface area contributed by atoms with Gasteiger partial charge in [-0.3, -0.25) is 4.57 Å². The van der Waals surface area contributed by atoms with Crippen molar-refractivity contribution in [3.8, 4) is 0 Å². The molecule has 0 aliphatic rings. The van der Waals surface area contributed by atoms with Crippen LogP contribution in [0.4, 0.5) is 4.39 Å². The van der Waals surface area contributed by atoms with Gasteiger partial charge < -0.3 is 14.8 Å². The van der Waals surface area contributed by atoms with Crippen LogP contribution in [0.3, 0.4) is 0 Å². The van der Waals surface area contributed by atoms with Gasteiger partial charge in [0.25, 0.3) is 0 Å². The molecular formula is C11H17FNO3P. The van der Waals surface area contributed by atoms with E-state index in [1.54, 1.807) is 19.9 Å². The van der Waals surface area contributed by atoms with Crippen LogP contribution in [0.2, 0.25) is 0 Å². The van der Waals surface area contributed by atoms with E-state index in [9.17, 15) is 8.96 Å². The molecule has 1 rings (SSSR count). The van der Waals surface area contributed by atoms with E-state index in [1.807, 2.05) is 0 Å². The lowest BCUT2D eigenvalue weighted by atomic mass is 10.2. The Morgan fingerprint density at radius 1 is 1.35 bits per heavy atom. The molecule has 0 saturated heterocycles. The molecule has 0 unspecified atom stereocenters. The Balaban J connectivity index is 2.99. The lowest BCUT2D eigenvalue weighted by Gasteiger charge is -2.23. The van der Waals surface area contributed by atoms with Gasteiger partial charge in [-0.1, -0.05) is 12.1 Å². The third-order valence-electron chi connectivity index (χ3n) is 2.15. The fourth-order valence-corrected chi connectivity index (χ4v) is 3.07. The molecule has 6 heteroatoms. The van der Waals surface area contributed by atoms with Crippen LogP contribution in [0.15, 0.2) is 24.3 Å². The molecule has 4 nitrogen and oxygen atoms in total. The quantitative estimate of drug-likeness (QED) is 0.799. The smallest absolute Gasteiger partial charge is 0.314 e. The summed E-state index contributed by atoms with van der Waals surface area (Å²) in [5, 5.41) is 0. The number of hydrogen-bond acceptors (Lipinski definition) is 4. The molecule has 17 heavy (non-hydrogen) atoms. The van der Waals surface area contributed by atoms with Gasteiger partial charge in [0.05, 0.1) is 13.2 Å². The highest BCUT2D eigenvalue weighted by molar-refractivity contribution is 7.54. The number of benzene rings is 1. The van der Waals surface area contributed by atoms with Crippen LogP contribution < -0.4 is 5.73 Å². The van der Waals surface area contributed by atoms with E-state index in [4.69, 9.17) is 14.8 Å². The lowest BCUT2D eigenvalue weighted by Crippen LogP contribution is -2.15. The summed E-state index contributed by atoms with van der Waals surface area (Å²) in [6.45, 7) is 3.84. The molecule has 96 valence electrons. The van der Waals surface area contributed by atoms with Gasteiger partial charge in [-0.2, -0.15) is 0 Å². The van der Waals surface area contributed by atoms with Crippen molar-refractivity contribution in [2.75, 3.05) is 13.2 Å². The van der Waals surface area contributed by atoms with Crippen LogP contribution in [0, 0.1) is 5.82 Å². The van der Waals surface area contributed by atoms with Crippen LogP contribution in [0.5, 0.6) is 0 Å². The van der Waals surface area contributed by atoms with Crippen LogP contribution >= 0.6 is 7.60 Å². The highest BCUT2D eigenvalue weighted by Gasteiger charge is 2.33. The minimum Gasteiger partial charge on any atom is -0.314 e. The van der Waals surface area contributed by atoms with E-state index < -0.39 is 19.2 Å². The molecule has 0 heterocycles. The second-order valence-corrected chi connectivity index (χ2v) is 5.53. The Morgan fingerprint density at radius 3 is 2.41 bits per heavy atom. The van der Waals surface area contributed by atoms with E-state index in [2.05, 4.69) is 0 Å². The zero-order chi connectivity index (χ0) is 12.9. The maximum absolute atomic E-state index is 13.1. The van der Waals surface area contributed by atoms with E-state index in [0.29, 0.717) is 5.56 Å². The normalized spacial score (nSPS) is 13.6. The predicted molar refractivity (Wildman–Crippen MR) is 64.2 cm³/mol. The van der Waals surface area contributed by atoms with Gasteiger partial charge in [0.2, 0.25) is 0 Å². The summed E-state index contributed by atoms with van der Waals surface area (Å²) in [6.07, 6.45) is 0. The summed E-state index contributed by atoms with van der Waals surface area (Å²) in [6, 6.07) is 5.63. The maximum atomic E-state index is 13.1. The van der Waals surface area contributed by atoms with E-state index in [0.717, 1.165) is 0 Å². The molecule has 1 atom stereocenters. The Morgan fingerprint density at radius 2 is 1.94 bits per heavy atom. The second-order valence-electron chi connectivity index (χ2n) is 3.38. The first-order chi connectivity index (χ1) is 8.03. The van der Waals surface area contributed by atoms with E-state index in [1.165, 1.54) is 18.2 Å². The van der Waals surface area contributed by atoms with Crippen LogP contribution in [0.1, 0.15) is 25.2 Å². The Labute approximate surface area is 100 Å². The zero-order valence-corrected chi connectivity index (χ0v) is 10.8. The molecule has 0 aliphatic heterocycles. The first-order valence-electron chi connectivity index (χ1n) is 5.43. The standard InChI is InChI=1S/C11H17FNO3P/c1-3-15-17(14,16-4-2)11(13)9-6-5-7-10(12)8-9/h5-8,11H,3-4,13H2,1-2H3/t11-/m1/s1. The second kappa shape index (κ2) is 6.26. The summed E-state index contributed by atoms with van der Waals surface area (Å²) in [4.78, 5) is 0. The summed E-state index contributed by atoms with van der Waals surface area (Å²) in [5.74, 6) is -1.41.